The van der Waals surface area contributed by atoms with Gasteiger partial charge >= 0.3 is 0 Å². The van der Waals surface area contributed by atoms with E-state index in [-0.39, 0.29) is 6.10 Å². The highest BCUT2D eigenvalue weighted by Crippen LogP contribution is 2.67. The number of aliphatic hydroxyl groups excluding tert-OH is 1. The third-order valence-electron chi connectivity index (χ3n) is 11.2. The van der Waals surface area contributed by atoms with E-state index in [9.17, 15) is 5.11 Å². The molecule has 0 aromatic rings. The lowest BCUT2D eigenvalue weighted by Gasteiger charge is -2.58. The average molecular weight is 429 g/mol. The Labute approximate surface area is 193 Å². The Hall–Kier alpha value is -0.300. The summed E-state index contributed by atoms with van der Waals surface area (Å²) in [4.78, 5) is 0. The molecule has 0 radical (unpaired) electrons. The number of aliphatic hydroxyl groups is 1. The van der Waals surface area contributed by atoms with Crippen LogP contribution >= 0.6 is 0 Å². The molecule has 0 bridgehead atoms. The molecule has 4 aliphatic carbocycles. The van der Waals surface area contributed by atoms with Gasteiger partial charge in [0, 0.05) is 0 Å². The van der Waals surface area contributed by atoms with Gasteiger partial charge in [0.1, 0.15) is 0 Å². The predicted molar refractivity (Wildman–Crippen MR) is 133 cm³/mol. The summed E-state index contributed by atoms with van der Waals surface area (Å²) in [6.45, 7) is 12.7. The fraction of sp³-hybridized carbons (Fsp3) is 0.933. The zero-order valence-electron chi connectivity index (χ0n) is 21.5. The van der Waals surface area contributed by atoms with E-state index in [4.69, 9.17) is 0 Å². The second kappa shape index (κ2) is 9.52. The SMILES string of the molecule is CCCCC(C)CCC[C@@H](C)[C@H]1CC[C@H]2[C@@H]3CC=C4C[C@@H](O)CC[C@]4(C)[C@H]3CC[C@]12C. The maximum Gasteiger partial charge on any atom is 0.0577 e. The quantitative estimate of drug-likeness (QED) is 0.384. The summed E-state index contributed by atoms with van der Waals surface area (Å²) < 4.78 is 0. The van der Waals surface area contributed by atoms with Gasteiger partial charge < -0.3 is 5.11 Å². The zero-order chi connectivity index (χ0) is 22.2. The molecule has 0 saturated heterocycles. The Kier molecular flexibility index (Phi) is 7.32. The molecule has 4 rings (SSSR count). The Bertz CT molecular complexity index is 636. The van der Waals surface area contributed by atoms with E-state index in [1.54, 1.807) is 5.57 Å². The Morgan fingerprint density at radius 1 is 0.968 bits per heavy atom. The molecule has 0 aromatic heterocycles. The van der Waals surface area contributed by atoms with Gasteiger partial charge in [0.2, 0.25) is 0 Å². The van der Waals surface area contributed by atoms with Crippen LogP contribution in [0.4, 0.5) is 0 Å². The van der Waals surface area contributed by atoms with Crippen molar-refractivity contribution in [3.05, 3.63) is 11.6 Å². The number of allylic oxidation sites excluding steroid dienone is 1. The van der Waals surface area contributed by atoms with Gasteiger partial charge in [-0.1, -0.05) is 84.8 Å². The Balaban J connectivity index is 1.39. The highest BCUT2D eigenvalue weighted by atomic mass is 16.3. The van der Waals surface area contributed by atoms with Gasteiger partial charge in [-0.2, -0.15) is 0 Å². The highest BCUT2D eigenvalue weighted by molar-refractivity contribution is 5.25. The molecule has 3 saturated carbocycles. The van der Waals surface area contributed by atoms with Crippen LogP contribution in [-0.4, -0.2) is 11.2 Å². The van der Waals surface area contributed by atoms with E-state index in [1.807, 2.05) is 0 Å². The van der Waals surface area contributed by atoms with Crippen molar-refractivity contribution in [2.45, 2.75) is 131 Å². The maximum atomic E-state index is 10.3. The number of unbranched alkanes of at least 4 members (excludes halogenated alkanes) is 1. The van der Waals surface area contributed by atoms with Crippen LogP contribution in [0.15, 0.2) is 11.6 Å². The van der Waals surface area contributed by atoms with E-state index in [0.717, 1.165) is 48.3 Å². The summed E-state index contributed by atoms with van der Waals surface area (Å²) in [6.07, 6.45) is 21.5. The molecule has 1 heteroatoms. The third-order valence-corrected chi connectivity index (χ3v) is 11.2. The normalized spacial score (nSPS) is 44.1. The molecule has 3 fully saturated rings. The largest absolute Gasteiger partial charge is 0.393 e. The minimum absolute atomic E-state index is 0.0777. The molecule has 1 nitrogen and oxygen atoms in total. The fourth-order valence-electron chi connectivity index (χ4n) is 9.30. The van der Waals surface area contributed by atoms with Crippen molar-refractivity contribution in [1.29, 1.82) is 0 Å². The molecular weight excluding hydrogens is 376 g/mol. The minimum Gasteiger partial charge on any atom is -0.393 e. The summed E-state index contributed by atoms with van der Waals surface area (Å²) in [5.41, 5.74) is 2.60. The summed E-state index contributed by atoms with van der Waals surface area (Å²) in [5.74, 6) is 5.52. The minimum atomic E-state index is -0.0777. The van der Waals surface area contributed by atoms with E-state index in [1.165, 1.54) is 77.0 Å². The molecule has 4 aliphatic rings. The second-order valence-electron chi connectivity index (χ2n) is 13.0. The van der Waals surface area contributed by atoms with E-state index >= 15 is 0 Å². The van der Waals surface area contributed by atoms with Gasteiger partial charge in [-0.25, -0.2) is 0 Å². The molecule has 0 amide bonds. The molecule has 1 N–H and O–H groups in total. The summed E-state index contributed by atoms with van der Waals surface area (Å²) >= 11 is 0. The Morgan fingerprint density at radius 2 is 1.74 bits per heavy atom. The fourth-order valence-corrected chi connectivity index (χ4v) is 9.30. The molecule has 0 heterocycles. The van der Waals surface area contributed by atoms with Crippen LogP contribution in [0.1, 0.15) is 125 Å². The van der Waals surface area contributed by atoms with Crippen LogP contribution in [-0.2, 0) is 0 Å². The van der Waals surface area contributed by atoms with Crippen molar-refractivity contribution in [2.75, 3.05) is 0 Å². The standard InChI is InChI=1S/C30H52O/c1-6-7-9-21(2)10-8-11-22(3)26-14-15-27-25-13-12-23-20-24(31)16-18-29(23,4)28(25)17-19-30(26,27)5/h12,21-22,24-28,31H,6-11,13-20H2,1-5H3/t21?,22-,24+,25+,26-,27+,28+,29+,30-/m1/s1. The molecule has 0 aliphatic heterocycles. The van der Waals surface area contributed by atoms with Gasteiger partial charge in [-0.05, 0) is 97.7 Å². The molecule has 0 spiro atoms. The number of fused-ring (bicyclic) bond motifs is 5. The first-order valence-electron chi connectivity index (χ1n) is 14.2. The van der Waals surface area contributed by atoms with Crippen LogP contribution in [0.5, 0.6) is 0 Å². The van der Waals surface area contributed by atoms with Gasteiger partial charge in [-0.15, -0.1) is 0 Å². The number of rotatable bonds is 8. The number of hydrogen-bond acceptors (Lipinski definition) is 1. The lowest BCUT2D eigenvalue weighted by Crippen LogP contribution is -2.50. The first-order chi connectivity index (χ1) is 14.8. The average Bonchev–Trinajstić information content (AvgIpc) is 3.10. The van der Waals surface area contributed by atoms with E-state index in [2.05, 4.69) is 40.7 Å². The molecule has 1 unspecified atom stereocenters. The van der Waals surface area contributed by atoms with Crippen molar-refractivity contribution in [1.82, 2.24) is 0 Å². The highest BCUT2D eigenvalue weighted by Gasteiger charge is 2.59. The van der Waals surface area contributed by atoms with Crippen molar-refractivity contribution in [2.24, 2.45) is 46.3 Å². The predicted octanol–water partition coefficient (Wildman–Crippen LogP) is 8.56. The van der Waals surface area contributed by atoms with E-state index in [0.29, 0.717) is 10.8 Å². The molecule has 31 heavy (non-hydrogen) atoms. The van der Waals surface area contributed by atoms with Gasteiger partial charge in [-0.3, -0.25) is 0 Å². The zero-order valence-corrected chi connectivity index (χ0v) is 21.5. The van der Waals surface area contributed by atoms with Crippen molar-refractivity contribution >= 4 is 0 Å². The maximum absolute atomic E-state index is 10.3. The van der Waals surface area contributed by atoms with Crippen LogP contribution in [0.2, 0.25) is 0 Å². The first kappa shape index (κ1) is 23.8. The lowest BCUT2D eigenvalue weighted by atomic mass is 9.47. The molecule has 178 valence electrons. The first-order valence-corrected chi connectivity index (χ1v) is 14.2. The van der Waals surface area contributed by atoms with Crippen molar-refractivity contribution in [3.8, 4) is 0 Å². The van der Waals surface area contributed by atoms with E-state index < -0.39 is 0 Å². The number of hydrogen-bond donors (Lipinski definition) is 1. The lowest BCUT2D eigenvalue weighted by molar-refractivity contribution is -0.0573. The van der Waals surface area contributed by atoms with Crippen LogP contribution in [0.3, 0.4) is 0 Å². The van der Waals surface area contributed by atoms with Gasteiger partial charge in [0.15, 0.2) is 0 Å². The van der Waals surface area contributed by atoms with Crippen molar-refractivity contribution < 1.29 is 5.11 Å². The topological polar surface area (TPSA) is 20.2 Å². The van der Waals surface area contributed by atoms with Gasteiger partial charge in [0.25, 0.3) is 0 Å². The molecule has 0 aromatic carbocycles. The second-order valence-corrected chi connectivity index (χ2v) is 13.0. The van der Waals surface area contributed by atoms with Crippen LogP contribution in [0, 0.1) is 46.3 Å². The van der Waals surface area contributed by atoms with Gasteiger partial charge in [0.05, 0.1) is 6.10 Å². The monoisotopic (exact) mass is 428 g/mol. The summed E-state index contributed by atoms with van der Waals surface area (Å²) in [7, 11) is 0. The Morgan fingerprint density at radius 3 is 2.52 bits per heavy atom. The van der Waals surface area contributed by atoms with Crippen LogP contribution < -0.4 is 0 Å². The molecular formula is C30H52O. The summed E-state index contributed by atoms with van der Waals surface area (Å²) in [6, 6.07) is 0. The van der Waals surface area contributed by atoms with Crippen molar-refractivity contribution in [3.63, 3.8) is 0 Å². The third kappa shape index (κ3) is 4.43. The molecule has 9 atom stereocenters. The summed E-state index contributed by atoms with van der Waals surface area (Å²) in [5, 5.41) is 10.3. The van der Waals surface area contributed by atoms with Crippen LogP contribution in [0.25, 0.3) is 0 Å². The smallest absolute Gasteiger partial charge is 0.0577 e.